The minimum absolute atomic E-state index is 0.0288. The van der Waals surface area contributed by atoms with Crippen molar-refractivity contribution >= 4 is 17.5 Å². The van der Waals surface area contributed by atoms with E-state index in [1.807, 2.05) is 25.2 Å². The van der Waals surface area contributed by atoms with Crippen LogP contribution in [0.2, 0.25) is 0 Å². The fourth-order valence-electron chi connectivity index (χ4n) is 5.14. The Hall–Kier alpha value is -3.99. The molecule has 0 unspecified atom stereocenters. The highest BCUT2D eigenvalue weighted by Crippen LogP contribution is 2.43. The maximum atomic E-state index is 13.9. The van der Waals surface area contributed by atoms with Gasteiger partial charge in [-0.15, -0.1) is 10.2 Å². The first kappa shape index (κ1) is 30.0. The van der Waals surface area contributed by atoms with Crippen LogP contribution in [0.15, 0.2) is 61.7 Å². The molecular weight excluding hydrogens is 533 g/mol. The van der Waals surface area contributed by atoms with Gasteiger partial charge in [0.15, 0.2) is 0 Å². The van der Waals surface area contributed by atoms with Crippen molar-refractivity contribution in [3.05, 3.63) is 89.5 Å². The van der Waals surface area contributed by atoms with Crippen LogP contribution in [0.1, 0.15) is 64.7 Å². The second-order valence-corrected chi connectivity index (χ2v) is 10.6. The van der Waals surface area contributed by atoms with Crippen molar-refractivity contribution in [2.75, 3.05) is 18.0 Å². The lowest BCUT2D eigenvalue weighted by molar-refractivity contribution is -0.138. The summed E-state index contributed by atoms with van der Waals surface area (Å²) in [6.45, 7) is 6.61. The van der Waals surface area contributed by atoms with Crippen molar-refractivity contribution in [1.82, 2.24) is 25.4 Å². The molecule has 1 aromatic heterocycles. The van der Waals surface area contributed by atoms with E-state index in [1.54, 1.807) is 29.4 Å². The average Bonchev–Trinajstić information content (AvgIpc) is 3.54. The molecule has 2 aliphatic rings. The number of halogens is 3. The second kappa shape index (κ2) is 13.1. The van der Waals surface area contributed by atoms with Crippen molar-refractivity contribution in [3.63, 3.8) is 0 Å². The molecule has 3 aromatic rings. The highest BCUT2D eigenvalue weighted by atomic mass is 19.4. The lowest BCUT2D eigenvalue weighted by Gasteiger charge is -2.33. The van der Waals surface area contributed by atoms with E-state index in [9.17, 15) is 22.8 Å². The summed E-state index contributed by atoms with van der Waals surface area (Å²) in [5.74, 6) is 0.444. The van der Waals surface area contributed by atoms with Crippen LogP contribution in [-0.4, -0.2) is 39.7 Å². The van der Waals surface area contributed by atoms with Gasteiger partial charge in [0.1, 0.15) is 12.7 Å². The van der Waals surface area contributed by atoms with Gasteiger partial charge in [-0.3, -0.25) is 9.59 Å². The lowest BCUT2D eigenvalue weighted by Crippen LogP contribution is -2.25. The van der Waals surface area contributed by atoms with Gasteiger partial charge in [0.25, 0.3) is 5.91 Å². The predicted molar refractivity (Wildman–Crippen MR) is 150 cm³/mol. The number of aromatic nitrogens is 3. The normalized spacial score (nSPS) is 17.8. The third-order valence-electron chi connectivity index (χ3n) is 7.31. The summed E-state index contributed by atoms with van der Waals surface area (Å²) in [5.41, 5.74) is 1.55. The number of carbonyl (C=O) groups is 2. The summed E-state index contributed by atoms with van der Waals surface area (Å²) < 4.78 is 43.6. The van der Waals surface area contributed by atoms with Gasteiger partial charge in [-0.1, -0.05) is 25.6 Å². The number of carbonyl (C=O) groups excluding carboxylic acids is 2. The number of rotatable bonds is 9. The Balaban J connectivity index is 0.000000572. The minimum Gasteiger partial charge on any atom is -0.353 e. The number of hydrogen-bond acceptors (Lipinski definition) is 5. The molecule has 2 amide bonds. The average molecular weight is 569 g/mol. The van der Waals surface area contributed by atoms with E-state index in [0.717, 1.165) is 24.5 Å². The van der Waals surface area contributed by atoms with Crippen molar-refractivity contribution in [3.8, 4) is 0 Å². The molecule has 0 spiro atoms. The van der Waals surface area contributed by atoms with Crippen molar-refractivity contribution in [2.24, 2.45) is 13.0 Å². The molecular formula is C30H35F3N6O2. The molecule has 41 heavy (non-hydrogen) atoms. The molecule has 218 valence electrons. The number of anilines is 1. The highest BCUT2D eigenvalue weighted by Gasteiger charge is 2.40. The topological polar surface area (TPSA) is 92.2 Å². The molecule has 0 bridgehead atoms. The molecule has 1 aliphatic heterocycles. The van der Waals surface area contributed by atoms with E-state index < -0.39 is 17.6 Å². The third-order valence-corrected chi connectivity index (χ3v) is 7.31. The Kier molecular flexibility index (Phi) is 9.59. The molecule has 0 saturated heterocycles. The minimum atomic E-state index is -4.56. The molecule has 11 heteroatoms. The Bertz CT molecular complexity index is 1370. The first-order valence-electron chi connectivity index (χ1n) is 13.6. The van der Waals surface area contributed by atoms with E-state index in [0.29, 0.717) is 42.6 Å². The summed E-state index contributed by atoms with van der Waals surface area (Å²) in [6.07, 6.45) is 2.69. The lowest BCUT2D eigenvalue weighted by atomic mass is 9.72. The molecule has 0 radical (unpaired) electrons. The van der Waals surface area contributed by atoms with Crippen molar-refractivity contribution in [2.45, 2.75) is 51.4 Å². The Morgan fingerprint density at radius 3 is 2.49 bits per heavy atom. The van der Waals surface area contributed by atoms with Crippen LogP contribution in [0.3, 0.4) is 0 Å². The van der Waals surface area contributed by atoms with Crippen LogP contribution >= 0.6 is 0 Å². The number of amides is 2. The molecule has 2 heterocycles. The van der Waals surface area contributed by atoms with Crippen LogP contribution in [0.5, 0.6) is 0 Å². The number of benzene rings is 2. The maximum absolute atomic E-state index is 13.9. The van der Waals surface area contributed by atoms with Gasteiger partial charge in [-0.2, -0.15) is 13.2 Å². The van der Waals surface area contributed by atoms with E-state index >= 15 is 0 Å². The molecule has 0 atom stereocenters. The first-order valence-corrected chi connectivity index (χ1v) is 13.6. The van der Waals surface area contributed by atoms with Gasteiger partial charge in [-0.05, 0) is 84.7 Å². The quantitative estimate of drug-likeness (QED) is 0.281. The molecule has 1 saturated carbocycles. The summed E-state index contributed by atoms with van der Waals surface area (Å²) >= 11 is 0. The Labute approximate surface area is 237 Å². The van der Waals surface area contributed by atoms with Crippen LogP contribution in [0, 0.1) is 5.92 Å². The summed E-state index contributed by atoms with van der Waals surface area (Å²) in [5, 5.41) is 12.8. The van der Waals surface area contributed by atoms with Crippen LogP contribution in [-0.2, 0) is 31.1 Å². The smallest absolute Gasteiger partial charge is 0.353 e. The van der Waals surface area contributed by atoms with Gasteiger partial charge >= 0.3 is 6.18 Å². The Morgan fingerprint density at radius 2 is 1.88 bits per heavy atom. The fraction of sp³-hybridized carbons (Fsp3) is 0.400. The van der Waals surface area contributed by atoms with E-state index in [1.165, 1.54) is 11.0 Å². The predicted octanol–water partition coefficient (Wildman–Crippen LogP) is 4.98. The molecule has 2 aromatic carbocycles. The first-order chi connectivity index (χ1) is 19.6. The number of aryl methyl sites for hydroxylation is 1. The van der Waals surface area contributed by atoms with Gasteiger partial charge in [-0.25, -0.2) is 0 Å². The fourth-order valence-corrected chi connectivity index (χ4v) is 5.14. The number of fused-ring (bicyclic) bond motifs is 1. The number of nitrogens with zero attached hydrogens (tertiary/aromatic N) is 4. The monoisotopic (exact) mass is 568 g/mol. The largest absolute Gasteiger partial charge is 0.416 e. The number of hydrogen-bond donors (Lipinski definition) is 2. The van der Waals surface area contributed by atoms with Crippen molar-refractivity contribution in [1.29, 1.82) is 0 Å². The van der Waals surface area contributed by atoms with Crippen LogP contribution in [0.25, 0.3) is 0 Å². The standard InChI is InChI=1S/C27H30F3N3O2.C3H5N3/c1-3-25(34)32-9-5-8-31-15-18-12-22-23(24(13-18)27(28,29)30)16-33(26(22)35)21-7-4-6-19(14-21)20-10-17(2)11-20;1-6-2-4-5-3-6/h3-4,6-7,12-14,17,20,31H,1,5,8-11,15-16H2,2H3,(H,32,34);2-3H,1H3. The van der Waals surface area contributed by atoms with Crippen LogP contribution < -0.4 is 15.5 Å². The molecule has 1 aliphatic carbocycles. The number of nitrogens with one attached hydrogen (secondary N) is 2. The molecule has 5 rings (SSSR count). The van der Waals surface area contributed by atoms with Gasteiger partial charge in [0.2, 0.25) is 5.91 Å². The molecule has 1 fully saturated rings. The summed E-state index contributed by atoms with van der Waals surface area (Å²) in [6, 6.07) is 10.3. The van der Waals surface area contributed by atoms with E-state index in [4.69, 9.17) is 0 Å². The van der Waals surface area contributed by atoms with E-state index in [-0.39, 0.29) is 30.1 Å². The summed E-state index contributed by atoms with van der Waals surface area (Å²) in [7, 11) is 1.88. The van der Waals surface area contributed by atoms with Gasteiger partial charge in [0.05, 0.1) is 12.1 Å². The molecule has 8 nitrogen and oxygen atoms in total. The van der Waals surface area contributed by atoms with Crippen molar-refractivity contribution < 1.29 is 22.8 Å². The highest BCUT2D eigenvalue weighted by molar-refractivity contribution is 6.10. The third kappa shape index (κ3) is 7.60. The maximum Gasteiger partial charge on any atom is 0.416 e. The zero-order valence-electron chi connectivity index (χ0n) is 23.2. The zero-order chi connectivity index (χ0) is 29.6. The van der Waals surface area contributed by atoms with Gasteiger partial charge < -0.3 is 20.1 Å². The van der Waals surface area contributed by atoms with Gasteiger partial charge in [0, 0.05) is 31.4 Å². The van der Waals surface area contributed by atoms with Crippen LogP contribution in [0.4, 0.5) is 18.9 Å². The SMILES string of the molecule is C=CC(=O)NCCCNCc1cc2c(c(C(F)(F)F)c1)CN(c1cccc(C3CC(C)C3)c1)C2=O.Cn1cnnc1. The summed E-state index contributed by atoms with van der Waals surface area (Å²) in [4.78, 5) is 25.8. The molecule has 2 N–H and O–H groups in total. The Morgan fingerprint density at radius 1 is 1.15 bits per heavy atom. The number of alkyl halides is 3. The zero-order valence-corrected chi connectivity index (χ0v) is 23.2. The second-order valence-electron chi connectivity index (χ2n) is 10.6. The van der Waals surface area contributed by atoms with E-state index in [2.05, 4.69) is 34.3 Å².